The molecule has 0 aromatic heterocycles. The monoisotopic (exact) mass is 278 g/mol. The quantitative estimate of drug-likeness (QED) is 0.812. The van der Waals surface area contributed by atoms with E-state index in [2.05, 4.69) is 34.9 Å². The fourth-order valence-corrected chi connectivity index (χ4v) is 3.76. The molecule has 0 amide bonds. The molecule has 0 N–H and O–H groups in total. The molecule has 0 radical (unpaired) electrons. The van der Waals surface area contributed by atoms with Crippen LogP contribution >= 0.6 is 11.6 Å². The first-order valence-corrected chi connectivity index (χ1v) is 7.92. The Labute approximate surface area is 121 Å². The van der Waals surface area contributed by atoms with E-state index in [1.54, 1.807) is 0 Å². The van der Waals surface area contributed by atoms with Gasteiger partial charge in [-0.1, -0.05) is 31.0 Å². The molecule has 1 aromatic carbocycles. The maximum absolute atomic E-state index is 6.16. The minimum absolute atomic E-state index is 0.632. The molecule has 2 nitrogen and oxygen atoms in total. The van der Waals surface area contributed by atoms with E-state index < -0.39 is 0 Å². The number of piperidine rings is 1. The van der Waals surface area contributed by atoms with Crippen molar-refractivity contribution in [3.8, 4) is 0 Å². The Kier molecular flexibility index (Phi) is 3.99. The van der Waals surface area contributed by atoms with Crippen LogP contribution in [0.4, 0.5) is 5.69 Å². The topological polar surface area (TPSA) is 6.48 Å². The van der Waals surface area contributed by atoms with E-state index >= 15 is 0 Å². The van der Waals surface area contributed by atoms with Crippen LogP contribution in [0.3, 0.4) is 0 Å². The SMILES string of the molecule is CCC1CN2CCCCC2CN1c1cccc(Cl)c1. The zero-order valence-electron chi connectivity index (χ0n) is 11.7. The zero-order valence-corrected chi connectivity index (χ0v) is 12.4. The number of halogens is 1. The second-order valence-electron chi connectivity index (χ2n) is 5.84. The summed E-state index contributed by atoms with van der Waals surface area (Å²) in [7, 11) is 0. The number of hydrogen-bond donors (Lipinski definition) is 0. The number of nitrogens with zero attached hydrogens (tertiary/aromatic N) is 2. The third-order valence-electron chi connectivity index (χ3n) is 4.65. The fourth-order valence-electron chi connectivity index (χ4n) is 3.57. The van der Waals surface area contributed by atoms with Gasteiger partial charge in [-0.05, 0) is 44.0 Å². The van der Waals surface area contributed by atoms with Crippen LogP contribution < -0.4 is 4.90 Å². The standard InChI is InChI=1S/C16H23ClN2/c1-2-14-11-18-9-4-3-7-16(18)12-19(14)15-8-5-6-13(17)10-15/h5-6,8,10,14,16H,2-4,7,9,11-12H2,1H3. The molecule has 2 unspecified atom stereocenters. The molecule has 0 bridgehead atoms. The molecular formula is C16H23ClN2. The van der Waals surface area contributed by atoms with Crippen LogP contribution in [0.15, 0.2) is 24.3 Å². The van der Waals surface area contributed by atoms with Crippen molar-refractivity contribution >= 4 is 17.3 Å². The van der Waals surface area contributed by atoms with Crippen LogP contribution in [0.5, 0.6) is 0 Å². The molecular weight excluding hydrogens is 256 g/mol. The van der Waals surface area contributed by atoms with E-state index in [1.807, 2.05) is 6.07 Å². The lowest BCUT2D eigenvalue weighted by Crippen LogP contribution is -2.59. The predicted octanol–water partition coefficient (Wildman–Crippen LogP) is 3.79. The predicted molar refractivity (Wildman–Crippen MR) is 82.1 cm³/mol. The Morgan fingerprint density at radius 3 is 2.95 bits per heavy atom. The van der Waals surface area contributed by atoms with Crippen molar-refractivity contribution in [3.05, 3.63) is 29.3 Å². The van der Waals surface area contributed by atoms with Gasteiger partial charge in [-0.2, -0.15) is 0 Å². The van der Waals surface area contributed by atoms with Crippen molar-refractivity contribution in [2.24, 2.45) is 0 Å². The van der Waals surface area contributed by atoms with E-state index in [0.29, 0.717) is 6.04 Å². The average Bonchev–Trinajstić information content (AvgIpc) is 2.46. The second kappa shape index (κ2) is 5.72. The van der Waals surface area contributed by atoms with Gasteiger partial charge in [0, 0.05) is 35.9 Å². The van der Waals surface area contributed by atoms with Gasteiger partial charge >= 0.3 is 0 Å². The molecule has 3 rings (SSSR count). The molecule has 104 valence electrons. The van der Waals surface area contributed by atoms with Crippen molar-refractivity contribution < 1.29 is 0 Å². The van der Waals surface area contributed by atoms with Crippen LogP contribution in [-0.2, 0) is 0 Å². The van der Waals surface area contributed by atoms with Gasteiger partial charge in [-0.25, -0.2) is 0 Å². The third-order valence-corrected chi connectivity index (χ3v) is 4.89. The molecule has 1 aromatic rings. The van der Waals surface area contributed by atoms with Crippen LogP contribution in [0.2, 0.25) is 5.02 Å². The molecule has 2 atom stereocenters. The average molecular weight is 279 g/mol. The smallest absolute Gasteiger partial charge is 0.0426 e. The minimum Gasteiger partial charge on any atom is -0.366 e. The molecule has 2 heterocycles. The van der Waals surface area contributed by atoms with E-state index in [1.165, 1.54) is 51.0 Å². The molecule has 3 heteroatoms. The van der Waals surface area contributed by atoms with Crippen molar-refractivity contribution in [3.63, 3.8) is 0 Å². The normalized spacial score (nSPS) is 28.2. The summed E-state index contributed by atoms with van der Waals surface area (Å²) in [5.74, 6) is 0. The largest absolute Gasteiger partial charge is 0.366 e. The highest BCUT2D eigenvalue weighted by Crippen LogP contribution is 2.30. The number of rotatable bonds is 2. The molecule has 0 aliphatic carbocycles. The minimum atomic E-state index is 0.632. The molecule has 2 aliphatic heterocycles. The van der Waals surface area contributed by atoms with Crippen molar-refractivity contribution in [1.82, 2.24) is 4.90 Å². The van der Waals surface area contributed by atoms with Crippen molar-refractivity contribution in [1.29, 1.82) is 0 Å². The number of benzene rings is 1. The van der Waals surface area contributed by atoms with Crippen molar-refractivity contribution in [2.45, 2.75) is 44.7 Å². The number of fused-ring (bicyclic) bond motifs is 1. The lowest BCUT2D eigenvalue weighted by atomic mass is 9.95. The van der Waals surface area contributed by atoms with Gasteiger partial charge in [0.15, 0.2) is 0 Å². The molecule has 2 aliphatic rings. The van der Waals surface area contributed by atoms with Crippen LogP contribution in [0, 0.1) is 0 Å². The Balaban J connectivity index is 1.82. The summed E-state index contributed by atoms with van der Waals surface area (Å²) < 4.78 is 0. The third kappa shape index (κ3) is 2.75. The van der Waals surface area contributed by atoms with E-state index in [0.717, 1.165) is 11.1 Å². The summed E-state index contributed by atoms with van der Waals surface area (Å²) in [6.07, 6.45) is 5.33. The molecule has 2 saturated heterocycles. The highest BCUT2D eigenvalue weighted by atomic mass is 35.5. The highest BCUT2D eigenvalue weighted by molar-refractivity contribution is 6.30. The number of hydrogen-bond acceptors (Lipinski definition) is 2. The molecule has 2 fully saturated rings. The Hall–Kier alpha value is -0.730. The van der Waals surface area contributed by atoms with Crippen molar-refractivity contribution in [2.75, 3.05) is 24.5 Å². The second-order valence-corrected chi connectivity index (χ2v) is 6.28. The van der Waals surface area contributed by atoms with Gasteiger partial charge < -0.3 is 4.90 Å². The van der Waals surface area contributed by atoms with Crippen LogP contribution in [0.25, 0.3) is 0 Å². The highest BCUT2D eigenvalue weighted by Gasteiger charge is 2.34. The van der Waals surface area contributed by atoms with Gasteiger partial charge in [0.05, 0.1) is 0 Å². The summed E-state index contributed by atoms with van der Waals surface area (Å²) in [4.78, 5) is 5.29. The van der Waals surface area contributed by atoms with Crippen LogP contribution in [-0.4, -0.2) is 36.6 Å². The fraction of sp³-hybridized carbons (Fsp3) is 0.625. The number of piperazine rings is 1. The van der Waals surface area contributed by atoms with Gasteiger partial charge in [-0.3, -0.25) is 4.90 Å². The van der Waals surface area contributed by atoms with Crippen LogP contribution in [0.1, 0.15) is 32.6 Å². The first kappa shape index (κ1) is 13.3. The maximum Gasteiger partial charge on any atom is 0.0426 e. The maximum atomic E-state index is 6.16. The van der Waals surface area contributed by atoms with Gasteiger partial charge in [0.2, 0.25) is 0 Å². The zero-order chi connectivity index (χ0) is 13.2. The van der Waals surface area contributed by atoms with E-state index in [4.69, 9.17) is 11.6 Å². The van der Waals surface area contributed by atoms with E-state index in [-0.39, 0.29) is 0 Å². The van der Waals surface area contributed by atoms with Gasteiger partial charge in [0.1, 0.15) is 0 Å². The lowest BCUT2D eigenvalue weighted by molar-refractivity contribution is 0.111. The summed E-state index contributed by atoms with van der Waals surface area (Å²) in [5, 5.41) is 0.846. The Morgan fingerprint density at radius 2 is 2.16 bits per heavy atom. The molecule has 0 spiro atoms. The van der Waals surface area contributed by atoms with Gasteiger partial charge in [0.25, 0.3) is 0 Å². The van der Waals surface area contributed by atoms with Gasteiger partial charge in [-0.15, -0.1) is 0 Å². The first-order chi connectivity index (χ1) is 9.28. The summed E-state index contributed by atoms with van der Waals surface area (Å²) >= 11 is 6.16. The van der Waals surface area contributed by atoms with E-state index in [9.17, 15) is 0 Å². The lowest BCUT2D eigenvalue weighted by Gasteiger charge is -2.49. The molecule has 19 heavy (non-hydrogen) atoms. The summed E-state index contributed by atoms with van der Waals surface area (Å²) in [6.45, 7) is 5.98. The Bertz CT molecular complexity index is 435. The summed E-state index contributed by atoms with van der Waals surface area (Å²) in [6, 6.07) is 9.72. The number of anilines is 1. The first-order valence-electron chi connectivity index (χ1n) is 7.54. The summed E-state index contributed by atoms with van der Waals surface area (Å²) in [5.41, 5.74) is 1.30. The molecule has 0 saturated carbocycles. The Morgan fingerprint density at radius 1 is 1.26 bits per heavy atom.